The lowest BCUT2D eigenvalue weighted by atomic mass is 10.1. The van der Waals surface area contributed by atoms with Gasteiger partial charge in [0, 0.05) is 24.0 Å². The van der Waals surface area contributed by atoms with Gasteiger partial charge in [-0.15, -0.1) is 35.3 Å². The van der Waals surface area contributed by atoms with Crippen molar-refractivity contribution in [3.63, 3.8) is 0 Å². The highest BCUT2D eigenvalue weighted by molar-refractivity contribution is 14.0. The Morgan fingerprint density at radius 2 is 2.12 bits per heavy atom. The van der Waals surface area contributed by atoms with Gasteiger partial charge in [-0.05, 0) is 52.7 Å². The molecule has 138 valence electrons. The molecule has 25 heavy (non-hydrogen) atoms. The molecule has 2 aromatic rings. The van der Waals surface area contributed by atoms with Crippen LogP contribution in [-0.2, 0) is 19.7 Å². The molecule has 0 aliphatic carbocycles. The normalized spacial score (nSPS) is 11.2. The third-order valence-corrected chi connectivity index (χ3v) is 5.02. The summed E-state index contributed by atoms with van der Waals surface area (Å²) in [6.45, 7) is 3.66. The SMILES string of the molecule is CCNC(=NCc1ccc(F)c(CO)c1)N(C)Cc1ccc(Br)s1.I. The van der Waals surface area contributed by atoms with E-state index in [9.17, 15) is 4.39 Å². The van der Waals surface area contributed by atoms with Gasteiger partial charge in [-0.1, -0.05) is 6.07 Å². The maximum atomic E-state index is 13.4. The molecule has 1 aromatic heterocycles. The molecule has 0 amide bonds. The number of aliphatic hydroxyl groups excluding tert-OH is 1. The zero-order chi connectivity index (χ0) is 17.5. The van der Waals surface area contributed by atoms with E-state index in [1.54, 1.807) is 23.5 Å². The minimum absolute atomic E-state index is 0. The third kappa shape index (κ3) is 6.84. The van der Waals surface area contributed by atoms with Gasteiger partial charge in [0.2, 0.25) is 0 Å². The zero-order valence-electron chi connectivity index (χ0n) is 14.1. The number of aliphatic hydroxyl groups is 1. The Kier molecular flexibility index (Phi) is 9.91. The largest absolute Gasteiger partial charge is 0.392 e. The number of halogens is 3. The molecule has 0 bridgehead atoms. The summed E-state index contributed by atoms with van der Waals surface area (Å²) in [6, 6.07) is 8.84. The molecule has 2 N–H and O–H groups in total. The molecule has 0 fully saturated rings. The molecule has 0 spiro atoms. The van der Waals surface area contributed by atoms with Crippen LogP contribution in [0.15, 0.2) is 39.1 Å². The molecule has 8 heteroatoms. The fourth-order valence-electron chi connectivity index (χ4n) is 2.23. The Morgan fingerprint density at radius 1 is 1.36 bits per heavy atom. The number of hydrogen-bond acceptors (Lipinski definition) is 3. The van der Waals surface area contributed by atoms with Crippen molar-refractivity contribution in [3.05, 3.63) is 55.9 Å². The van der Waals surface area contributed by atoms with Gasteiger partial charge in [-0.2, -0.15) is 0 Å². The number of thiophene rings is 1. The molecule has 0 atom stereocenters. The number of aliphatic imine (C=N–C) groups is 1. The lowest BCUT2D eigenvalue weighted by molar-refractivity contribution is 0.275. The summed E-state index contributed by atoms with van der Waals surface area (Å²) in [4.78, 5) is 7.90. The van der Waals surface area contributed by atoms with E-state index in [1.807, 2.05) is 20.0 Å². The van der Waals surface area contributed by atoms with Crippen LogP contribution in [0.25, 0.3) is 0 Å². The summed E-state index contributed by atoms with van der Waals surface area (Å²) in [5.41, 5.74) is 1.16. The fraction of sp³-hybridized carbons (Fsp3) is 0.353. The van der Waals surface area contributed by atoms with Crippen molar-refractivity contribution >= 4 is 57.2 Å². The van der Waals surface area contributed by atoms with Gasteiger partial charge in [0.05, 0.1) is 23.5 Å². The predicted octanol–water partition coefficient (Wildman–Crippen LogP) is 4.36. The van der Waals surface area contributed by atoms with E-state index in [2.05, 4.69) is 37.2 Å². The van der Waals surface area contributed by atoms with Crippen LogP contribution < -0.4 is 5.32 Å². The van der Waals surface area contributed by atoms with E-state index >= 15 is 0 Å². The second kappa shape index (κ2) is 11.1. The van der Waals surface area contributed by atoms with Crippen molar-refractivity contribution < 1.29 is 9.50 Å². The summed E-state index contributed by atoms with van der Waals surface area (Å²) in [5.74, 6) is 0.398. The molecule has 0 radical (unpaired) electrons. The highest BCUT2D eigenvalue weighted by Gasteiger charge is 2.09. The van der Waals surface area contributed by atoms with Crippen LogP contribution in [0.5, 0.6) is 0 Å². The lowest BCUT2D eigenvalue weighted by Crippen LogP contribution is -2.38. The minimum Gasteiger partial charge on any atom is -0.392 e. The Labute approximate surface area is 177 Å². The average molecular weight is 542 g/mol. The second-order valence-corrected chi connectivity index (χ2v) is 7.86. The molecular weight excluding hydrogens is 520 g/mol. The van der Waals surface area contributed by atoms with E-state index in [0.717, 1.165) is 28.4 Å². The quantitative estimate of drug-likeness (QED) is 0.324. The smallest absolute Gasteiger partial charge is 0.194 e. The van der Waals surface area contributed by atoms with Crippen LogP contribution in [-0.4, -0.2) is 29.6 Å². The third-order valence-electron chi connectivity index (χ3n) is 3.41. The Morgan fingerprint density at radius 3 is 2.72 bits per heavy atom. The molecular formula is C17H22BrFIN3OS. The first-order valence-electron chi connectivity index (χ1n) is 7.65. The van der Waals surface area contributed by atoms with Gasteiger partial charge in [-0.3, -0.25) is 0 Å². The number of hydrogen-bond donors (Lipinski definition) is 2. The number of benzene rings is 1. The molecule has 1 aromatic carbocycles. The van der Waals surface area contributed by atoms with Gasteiger partial charge in [0.25, 0.3) is 0 Å². The van der Waals surface area contributed by atoms with Crippen LogP contribution in [0.2, 0.25) is 0 Å². The van der Waals surface area contributed by atoms with Crippen molar-refractivity contribution in [3.8, 4) is 0 Å². The van der Waals surface area contributed by atoms with Gasteiger partial charge >= 0.3 is 0 Å². The van der Waals surface area contributed by atoms with Crippen LogP contribution in [0.1, 0.15) is 22.9 Å². The van der Waals surface area contributed by atoms with Crippen molar-refractivity contribution in [2.24, 2.45) is 4.99 Å². The maximum absolute atomic E-state index is 13.4. The molecule has 0 unspecified atom stereocenters. The van der Waals surface area contributed by atoms with E-state index in [0.29, 0.717) is 12.1 Å². The van der Waals surface area contributed by atoms with E-state index < -0.39 is 5.82 Å². The van der Waals surface area contributed by atoms with Crippen LogP contribution in [0.4, 0.5) is 4.39 Å². The van der Waals surface area contributed by atoms with Crippen LogP contribution in [0, 0.1) is 5.82 Å². The van der Waals surface area contributed by atoms with Crippen LogP contribution >= 0.6 is 51.2 Å². The maximum Gasteiger partial charge on any atom is 0.194 e. The van der Waals surface area contributed by atoms with Gasteiger partial charge in [-0.25, -0.2) is 9.38 Å². The Bertz CT molecular complexity index is 711. The van der Waals surface area contributed by atoms with Crippen molar-refractivity contribution in [1.82, 2.24) is 10.2 Å². The highest BCUT2D eigenvalue weighted by Crippen LogP contribution is 2.23. The summed E-state index contributed by atoms with van der Waals surface area (Å²) in [7, 11) is 1.99. The van der Waals surface area contributed by atoms with Crippen molar-refractivity contribution in [2.45, 2.75) is 26.6 Å². The average Bonchev–Trinajstić information content (AvgIpc) is 2.97. The van der Waals surface area contributed by atoms with Crippen molar-refractivity contribution in [2.75, 3.05) is 13.6 Å². The number of guanidine groups is 1. The van der Waals surface area contributed by atoms with E-state index in [1.165, 1.54) is 10.9 Å². The molecule has 2 rings (SSSR count). The fourth-order valence-corrected chi connectivity index (χ4v) is 3.77. The minimum atomic E-state index is -0.391. The van der Waals surface area contributed by atoms with E-state index in [-0.39, 0.29) is 30.6 Å². The topological polar surface area (TPSA) is 47.9 Å². The van der Waals surface area contributed by atoms with Crippen LogP contribution in [0.3, 0.4) is 0 Å². The standard InChI is InChI=1S/C17H21BrFN3OS.HI/c1-3-20-17(22(2)10-14-5-7-16(18)24-14)21-9-12-4-6-15(19)13(8-12)11-23;/h4-8,23H,3,9-11H2,1-2H3,(H,20,21);1H. The van der Waals surface area contributed by atoms with Gasteiger partial charge < -0.3 is 15.3 Å². The van der Waals surface area contributed by atoms with Gasteiger partial charge in [0.1, 0.15) is 5.82 Å². The molecule has 0 aliphatic heterocycles. The number of nitrogens with zero attached hydrogens (tertiary/aromatic N) is 2. The molecule has 0 saturated heterocycles. The summed E-state index contributed by atoms with van der Waals surface area (Å²) in [5, 5.41) is 12.4. The second-order valence-electron chi connectivity index (χ2n) is 5.32. The van der Waals surface area contributed by atoms with Gasteiger partial charge in [0.15, 0.2) is 5.96 Å². The molecule has 0 aliphatic rings. The Balaban J connectivity index is 0.00000312. The summed E-state index contributed by atoms with van der Waals surface area (Å²) < 4.78 is 14.6. The molecule has 0 saturated carbocycles. The summed E-state index contributed by atoms with van der Waals surface area (Å²) >= 11 is 5.17. The zero-order valence-corrected chi connectivity index (χ0v) is 18.9. The lowest BCUT2D eigenvalue weighted by Gasteiger charge is -2.21. The first-order valence-corrected chi connectivity index (χ1v) is 9.26. The highest BCUT2D eigenvalue weighted by atomic mass is 127. The molecule has 4 nitrogen and oxygen atoms in total. The first kappa shape index (κ1) is 22.3. The number of rotatable bonds is 6. The number of nitrogens with one attached hydrogen (secondary N) is 1. The van der Waals surface area contributed by atoms with Crippen molar-refractivity contribution in [1.29, 1.82) is 0 Å². The summed E-state index contributed by atoms with van der Waals surface area (Å²) in [6.07, 6.45) is 0. The molecule has 1 heterocycles. The first-order chi connectivity index (χ1) is 11.5. The Hall–Kier alpha value is -0.710. The monoisotopic (exact) mass is 541 g/mol. The predicted molar refractivity (Wildman–Crippen MR) is 116 cm³/mol. The van der Waals surface area contributed by atoms with E-state index in [4.69, 9.17) is 5.11 Å².